The monoisotopic (exact) mass is 488 g/mol. The van der Waals surface area contributed by atoms with E-state index in [0.29, 0.717) is 5.16 Å². The molecule has 2 unspecified atom stereocenters. The van der Waals surface area contributed by atoms with Gasteiger partial charge in [0.1, 0.15) is 11.4 Å². The van der Waals surface area contributed by atoms with E-state index in [-0.39, 0.29) is 11.4 Å². The van der Waals surface area contributed by atoms with Gasteiger partial charge >= 0.3 is 5.69 Å². The van der Waals surface area contributed by atoms with Gasteiger partial charge in [0.15, 0.2) is 16.8 Å². The van der Waals surface area contributed by atoms with E-state index in [2.05, 4.69) is 23.2 Å². The summed E-state index contributed by atoms with van der Waals surface area (Å²) in [4.78, 5) is 40.2. The van der Waals surface area contributed by atoms with Crippen molar-refractivity contribution in [2.75, 3.05) is 5.73 Å². The van der Waals surface area contributed by atoms with E-state index in [1.165, 1.54) is 49.1 Å². The average molecular weight is 489 g/mol. The van der Waals surface area contributed by atoms with Gasteiger partial charge in [-0.05, 0) is 43.7 Å². The lowest BCUT2D eigenvalue weighted by Gasteiger charge is -2.19. The standard InChI is InChI=1S/C22H28N6O3S2/c1-6-12-7-8-14-13(9-12)10-15(33-14)19-24-25-21(27(19)4)32-11(2)17(29)16-18(23)26(3)22(31)28(5)20(16)30/h10-12H,6-9,23H2,1-5H3. The minimum atomic E-state index is -0.693. The molecule has 0 aliphatic heterocycles. The second-order valence-corrected chi connectivity index (χ2v) is 11.0. The van der Waals surface area contributed by atoms with Gasteiger partial charge in [0, 0.05) is 26.0 Å². The zero-order chi connectivity index (χ0) is 24.0. The molecular weight excluding hydrogens is 460 g/mol. The number of Topliss-reactive ketones (excluding diaryl/α,β-unsaturated/α-hetero) is 1. The Labute approximate surface area is 199 Å². The Hall–Kier alpha value is -2.66. The van der Waals surface area contributed by atoms with E-state index in [4.69, 9.17) is 5.73 Å². The highest BCUT2D eigenvalue weighted by atomic mass is 32.2. The maximum Gasteiger partial charge on any atom is 0.332 e. The summed E-state index contributed by atoms with van der Waals surface area (Å²) in [5, 5.41) is 8.61. The summed E-state index contributed by atoms with van der Waals surface area (Å²) in [7, 11) is 4.64. The highest BCUT2D eigenvalue weighted by molar-refractivity contribution is 8.00. The third-order valence-electron chi connectivity index (χ3n) is 6.43. The van der Waals surface area contributed by atoms with Crippen LogP contribution in [0.4, 0.5) is 5.82 Å². The summed E-state index contributed by atoms with van der Waals surface area (Å²) in [6.07, 6.45) is 4.66. The van der Waals surface area contributed by atoms with Crippen molar-refractivity contribution < 1.29 is 4.79 Å². The Morgan fingerprint density at radius 3 is 2.67 bits per heavy atom. The molecule has 1 aliphatic rings. The quantitative estimate of drug-likeness (QED) is 0.418. The van der Waals surface area contributed by atoms with E-state index in [1.54, 1.807) is 18.3 Å². The highest BCUT2D eigenvalue weighted by Gasteiger charge is 2.28. The molecule has 0 saturated heterocycles. The van der Waals surface area contributed by atoms with Crippen LogP contribution in [0.1, 0.15) is 47.5 Å². The summed E-state index contributed by atoms with van der Waals surface area (Å²) >= 11 is 2.98. The van der Waals surface area contributed by atoms with Crippen molar-refractivity contribution in [2.24, 2.45) is 27.1 Å². The summed E-state index contributed by atoms with van der Waals surface area (Å²) in [5.74, 6) is 0.932. The number of anilines is 1. The van der Waals surface area contributed by atoms with Crippen LogP contribution in [0.2, 0.25) is 0 Å². The number of nitrogens with zero attached hydrogens (tertiary/aromatic N) is 5. The second kappa shape index (κ2) is 8.94. The third kappa shape index (κ3) is 4.08. The molecule has 3 heterocycles. The van der Waals surface area contributed by atoms with E-state index < -0.39 is 22.3 Å². The van der Waals surface area contributed by atoms with Crippen LogP contribution in [0.5, 0.6) is 0 Å². The fourth-order valence-corrected chi connectivity index (χ4v) is 6.30. The summed E-state index contributed by atoms with van der Waals surface area (Å²) < 4.78 is 3.88. The molecule has 0 spiro atoms. The van der Waals surface area contributed by atoms with Crippen LogP contribution in [0.25, 0.3) is 10.7 Å². The molecule has 0 aromatic carbocycles. The number of thioether (sulfide) groups is 1. The van der Waals surface area contributed by atoms with E-state index in [9.17, 15) is 14.4 Å². The van der Waals surface area contributed by atoms with Crippen molar-refractivity contribution in [1.29, 1.82) is 0 Å². The molecule has 2 N–H and O–H groups in total. The molecule has 2 atom stereocenters. The highest BCUT2D eigenvalue weighted by Crippen LogP contribution is 2.38. The van der Waals surface area contributed by atoms with Gasteiger partial charge in [-0.2, -0.15) is 0 Å². The molecule has 9 nitrogen and oxygen atoms in total. The molecule has 11 heteroatoms. The van der Waals surface area contributed by atoms with Gasteiger partial charge < -0.3 is 10.3 Å². The topological polar surface area (TPSA) is 118 Å². The van der Waals surface area contributed by atoms with Crippen LogP contribution in [-0.4, -0.2) is 34.9 Å². The van der Waals surface area contributed by atoms with Crippen molar-refractivity contribution in [1.82, 2.24) is 23.9 Å². The number of thiophene rings is 1. The molecule has 4 rings (SSSR count). The number of aryl methyl sites for hydroxylation is 1. The number of hydrogen-bond donors (Lipinski definition) is 1. The van der Waals surface area contributed by atoms with Crippen LogP contribution < -0.4 is 17.0 Å². The molecule has 176 valence electrons. The van der Waals surface area contributed by atoms with Gasteiger partial charge in [0.05, 0.1) is 10.1 Å². The van der Waals surface area contributed by atoms with Gasteiger partial charge in [-0.15, -0.1) is 21.5 Å². The molecule has 33 heavy (non-hydrogen) atoms. The number of nitrogens with two attached hydrogens (primary N) is 1. The first-order valence-corrected chi connectivity index (χ1v) is 12.6. The predicted molar refractivity (Wildman–Crippen MR) is 131 cm³/mol. The smallest absolute Gasteiger partial charge is 0.332 e. The molecule has 0 radical (unpaired) electrons. The molecular formula is C22H28N6O3S2. The SMILES string of the molecule is CCC1CCc2sc(-c3nnc(SC(C)C(=O)c4c(N)n(C)c(=O)n(C)c4=O)n3C)cc2C1. The predicted octanol–water partition coefficient (Wildman–Crippen LogP) is 2.40. The van der Waals surface area contributed by atoms with Crippen molar-refractivity contribution >= 4 is 34.7 Å². The Bertz CT molecular complexity index is 1350. The summed E-state index contributed by atoms with van der Waals surface area (Å²) in [6, 6.07) is 2.23. The zero-order valence-corrected chi connectivity index (χ0v) is 21.0. The van der Waals surface area contributed by atoms with Gasteiger partial charge in [-0.25, -0.2) is 4.79 Å². The number of fused-ring (bicyclic) bond motifs is 1. The van der Waals surface area contributed by atoms with E-state index >= 15 is 0 Å². The molecule has 1 aliphatic carbocycles. The first-order valence-electron chi connectivity index (χ1n) is 10.9. The van der Waals surface area contributed by atoms with Crippen molar-refractivity contribution in [2.45, 2.75) is 49.9 Å². The number of rotatable bonds is 6. The number of nitrogen functional groups attached to an aromatic ring is 1. The Morgan fingerprint density at radius 2 is 1.97 bits per heavy atom. The fourth-order valence-electron chi connectivity index (χ4n) is 4.20. The minimum absolute atomic E-state index is 0.131. The second-order valence-electron chi connectivity index (χ2n) is 8.53. The molecule has 0 saturated carbocycles. The maximum absolute atomic E-state index is 13.1. The molecule has 3 aromatic heterocycles. The molecule has 3 aromatic rings. The average Bonchev–Trinajstić information content (AvgIpc) is 3.38. The Morgan fingerprint density at radius 1 is 1.24 bits per heavy atom. The van der Waals surface area contributed by atoms with Crippen LogP contribution in [0.3, 0.4) is 0 Å². The molecule has 0 amide bonds. The lowest BCUT2D eigenvalue weighted by Crippen LogP contribution is -2.42. The van der Waals surface area contributed by atoms with E-state index in [0.717, 1.165) is 38.6 Å². The van der Waals surface area contributed by atoms with Gasteiger partial charge in [-0.1, -0.05) is 25.1 Å². The van der Waals surface area contributed by atoms with E-state index in [1.807, 2.05) is 11.6 Å². The number of aromatic nitrogens is 5. The summed E-state index contributed by atoms with van der Waals surface area (Å²) in [6.45, 7) is 3.94. The number of hydrogen-bond acceptors (Lipinski definition) is 8. The first kappa shape index (κ1) is 23.5. The fraction of sp³-hybridized carbons (Fsp3) is 0.500. The Kier molecular flexibility index (Phi) is 6.37. The number of carbonyl (C=O) groups is 1. The molecule has 0 fully saturated rings. The molecule has 0 bridgehead atoms. The zero-order valence-electron chi connectivity index (χ0n) is 19.4. The lowest BCUT2D eigenvalue weighted by molar-refractivity contribution is 0.0992. The Balaban J connectivity index is 1.59. The van der Waals surface area contributed by atoms with Crippen molar-refractivity contribution in [3.63, 3.8) is 0 Å². The summed E-state index contributed by atoms with van der Waals surface area (Å²) in [5.41, 5.74) is 5.91. The van der Waals surface area contributed by atoms with Crippen LogP contribution in [0, 0.1) is 5.92 Å². The van der Waals surface area contributed by atoms with Gasteiger partial charge in [0.2, 0.25) is 0 Å². The third-order valence-corrected chi connectivity index (χ3v) is 8.79. The lowest BCUT2D eigenvalue weighted by atomic mass is 9.87. The minimum Gasteiger partial charge on any atom is -0.384 e. The maximum atomic E-state index is 13.1. The van der Waals surface area contributed by atoms with Crippen LogP contribution in [-0.2, 0) is 34.0 Å². The van der Waals surface area contributed by atoms with Crippen molar-refractivity contribution in [3.05, 3.63) is 42.9 Å². The van der Waals surface area contributed by atoms with Gasteiger partial charge in [-0.3, -0.25) is 18.7 Å². The van der Waals surface area contributed by atoms with Gasteiger partial charge in [0.25, 0.3) is 5.56 Å². The number of carbonyl (C=O) groups excluding carboxylic acids is 1. The van der Waals surface area contributed by atoms with Crippen LogP contribution >= 0.6 is 23.1 Å². The first-order chi connectivity index (χ1) is 15.6. The number of ketones is 1. The normalized spacial score (nSPS) is 16.6. The van der Waals surface area contributed by atoms with Crippen molar-refractivity contribution in [3.8, 4) is 10.7 Å². The largest absolute Gasteiger partial charge is 0.384 e. The van der Waals surface area contributed by atoms with Crippen LogP contribution in [0.15, 0.2) is 20.8 Å².